The first-order chi connectivity index (χ1) is 11.6. The Bertz CT molecular complexity index is 375. The molecule has 0 amide bonds. The molecule has 0 rings (SSSR count). The molecule has 0 aromatic heterocycles. The standard InChI is InChI=1S/C12H30N2O4.C2H6O4S/c1-13(5-9-15,6-10-16)3-4-14(2,7-11-17)8-12-18;1-5-7(3,4)6-2/h15-18H,3-12H2,1-2H3;1-2H3/q+2;. The molecule has 0 saturated heterocycles. The fraction of sp³-hybridized carbons (Fsp3) is 1.00. The van der Waals surface area contributed by atoms with E-state index in [0.717, 1.165) is 27.3 Å². The highest BCUT2D eigenvalue weighted by atomic mass is 32.3. The Balaban J connectivity index is 0. The second-order valence-electron chi connectivity index (χ2n) is 6.22. The van der Waals surface area contributed by atoms with Gasteiger partial charge in [0.15, 0.2) is 0 Å². The third-order valence-corrected chi connectivity index (χ3v) is 4.96. The van der Waals surface area contributed by atoms with Crippen LogP contribution in [0.1, 0.15) is 0 Å². The summed E-state index contributed by atoms with van der Waals surface area (Å²) in [4.78, 5) is 0. The molecular weight excluding hydrogens is 356 g/mol. The van der Waals surface area contributed by atoms with Gasteiger partial charge in [0.2, 0.25) is 0 Å². The first kappa shape index (κ1) is 26.9. The van der Waals surface area contributed by atoms with Crippen LogP contribution in [0.25, 0.3) is 0 Å². The lowest BCUT2D eigenvalue weighted by Crippen LogP contribution is -2.57. The minimum Gasteiger partial charge on any atom is -0.391 e. The van der Waals surface area contributed by atoms with Crippen LogP contribution >= 0.6 is 0 Å². The Morgan fingerprint density at radius 2 is 0.880 bits per heavy atom. The van der Waals surface area contributed by atoms with Crippen LogP contribution in [0.4, 0.5) is 0 Å². The number of hydrogen-bond donors (Lipinski definition) is 4. The molecule has 10 nitrogen and oxygen atoms in total. The molecule has 11 heteroatoms. The second-order valence-corrected chi connectivity index (χ2v) is 7.70. The zero-order chi connectivity index (χ0) is 20.0. The van der Waals surface area contributed by atoms with Crippen LogP contribution in [0.15, 0.2) is 0 Å². The van der Waals surface area contributed by atoms with Crippen LogP contribution in [0.2, 0.25) is 0 Å². The maximum absolute atomic E-state index is 9.92. The highest BCUT2D eigenvalue weighted by Crippen LogP contribution is 2.07. The molecule has 0 atom stereocenters. The van der Waals surface area contributed by atoms with Crippen LogP contribution < -0.4 is 0 Å². The van der Waals surface area contributed by atoms with E-state index in [4.69, 9.17) is 20.4 Å². The van der Waals surface area contributed by atoms with Gasteiger partial charge in [-0.1, -0.05) is 0 Å². The van der Waals surface area contributed by atoms with E-state index in [1.165, 1.54) is 0 Å². The molecule has 0 radical (unpaired) electrons. The van der Waals surface area contributed by atoms with Crippen LogP contribution in [-0.4, -0.2) is 132 Å². The fourth-order valence-corrected chi connectivity index (χ4v) is 2.32. The molecule has 25 heavy (non-hydrogen) atoms. The zero-order valence-electron chi connectivity index (χ0n) is 15.8. The quantitative estimate of drug-likeness (QED) is 0.250. The van der Waals surface area contributed by atoms with E-state index >= 15 is 0 Å². The van der Waals surface area contributed by atoms with Crippen molar-refractivity contribution < 1.29 is 46.2 Å². The third kappa shape index (κ3) is 13.5. The van der Waals surface area contributed by atoms with E-state index in [9.17, 15) is 8.42 Å². The number of likely N-dealkylation sites (N-methyl/N-ethyl adjacent to an activating group) is 2. The predicted octanol–water partition coefficient (Wildman–Crippen LogP) is -2.63. The highest BCUT2D eigenvalue weighted by Gasteiger charge is 2.27. The molecule has 0 aromatic carbocycles. The fourth-order valence-electron chi connectivity index (χ4n) is 2.19. The van der Waals surface area contributed by atoms with Crippen LogP contribution in [0.3, 0.4) is 0 Å². The average Bonchev–Trinajstić information content (AvgIpc) is 2.55. The first-order valence-corrected chi connectivity index (χ1v) is 9.37. The van der Waals surface area contributed by atoms with Crippen LogP contribution in [0.5, 0.6) is 0 Å². The largest absolute Gasteiger partial charge is 0.399 e. The van der Waals surface area contributed by atoms with Crippen molar-refractivity contribution in [3.8, 4) is 0 Å². The van der Waals surface area contributed by atoms with Gasteiger partial charge in [0.05, 0.1) is 54.7 Å². The molecule has 0 saturated carbocycles. The molecule has 0 aliphatic heterocycles. The summed E-state index contributed by atoms with van der Waals surface area (Å²) in [6.45, 7) is 4.44. The molecular formula is C14H36N2O8S+2. The van der Waals surface area contributed by atoms with Gasteiger partial charge >= 0.3 is 10.4 Å². The summed E-state index contributed by atoms with van der Waals surface area (Å²) in [5, 5.41) is 36.3. The molecule has 4 N–H and O–H groups in total. The Kier molecular flexibility index (Phi) is 14.8. The van der Waals surface area contributed by atoms with Crippen molar-refractivity contribution >= 4 is 10.4 Å². The Morgan fingerprint density at radius 1 is 0.640 bits per heavy atom. The maximum atomic E-state index is 9.92. The minimum absolute atomic E-state index is 0.0974. The van der Waals surface area contributed by atoms with Gasteiger partial charge in [-0.05, 0) is 0 Å². The summed E-state index contributed by atoms with van der Waals surface area (Å²) in [5.74, 6) is 0. The summed E-state index contributed by atoms with van der Waals surface area (Å²) in [7, 11) is 2.41. The number of aliphatic hydroxyl groups is 4. The van der Waals surface area contributed by atoms with Gasteiger partial charge in [0.25, 0.3) is 0 Å². The van der Waals surface area contributed by atoms with E-state index < -0.39 is 10.4 Å². The minimum atomic E-state index is -3.66. The van der Waals surface area contributed by atoms with E-state index in [0.29, 0.717) is 35.1 Å². The van der Waals surface area contributed by atoms with Gasteiger partial charge in [-0.25, -0.2) is 0 Å². The Morgan fingerprint density at radius 3 is 1.00 bits per heavy atom. The van der Waals surface area contributed by atoms with Crippen molar-refractivity contribution in [2.75, 3.05) is 94.0 Å². The van der Waals surface area contributed by atoms with Crippen molar-refractivity contribution in [1.82, 2.24) is 0 Å². The number of nitrogens with zero attached hydrogens (tertiary/aromatic N) is 2. The summed E-state index contributed by atoms with van der Waals surface area (Å²) >= 11 is 0. The van der Waals surface area contributed by atoms with Gasteiger partial charge in [0, 0.05) is 0 Å². The Labute approximate surface area is 151 Å². The summed E-state index contributed by atoms with van der Waals surface area (Å²) < 4.78 is 28.7. The zero-order valence-corrected chi connectivity index (χ0v) is 16.6. The van der Waals surface area contributed by atoms with Gasteiger partial charge < -0.3 is 29.4 Å². The summed E-state index contributed by atoms with van der Waals surface area (Å²) in [5.41, 5.74) is 0. The van der Waals surface area contributed by atoms with Crippen molar-refractivity contribution in [3.05, 3.63) is 0 Å². The molecule has 154 valence electrons. The van der Waals surface area contributed by atoms with Crippen LogP contribution in [0, 0.1) is 0 Å². The predicted molar refractivity (Wildman–Crippen MR) is 92.9 cm³/mol. The lowest BCUT2D eigenvalue weighted by Gasteiger charge is -2.39. The summed E-state index contributed by atoms with van der Waals surface area (Å²) in [6, 6.07) is 0. The first-order valence-electron chi connectivity index (χ1n) is 8.04. The molecule has 0 aliphatic carbocycles. The number of aliphatic hydroxyl groups excluding tert-OH is 4. The molecule has 0 aliphatic rings. The van der Waals surface area contributed by atoms with Gasteiger partial charge in [-0.2, -0.15) is 8.42 Å². The number of quaternary nitrogens is 2. The average molecular weight is 393 g/mol. The lowest BCUT2D eigenvalue weighted by atomic mass is 10.3. The van der Waals surface area contributed by atoms with Gasteiger partial charge in [-0.15, -0.1) is 0 Å². The van der Waals surface area contributed by atoms with Crippen LogP contribution in [-0.2, 0) is 18.8 Å². The lowest BCUT2D eigenvalue weighted by molar-refractivity contribution is -0.964. The highest BCUT2D eigenvalue weighted by molar-refractivity contribution is 7.81. The molecule has 0 heterocycles. The van der Waals surface area contributed by atoms with Gasteiger partial charge in [0.1, 0.15) is 39.3 Å². The Hall–Kier alpha value is -0.370. The monoisotopic (exact) mass is 392 g/mol. The van der Waals surface area contributed by atoms with E-state index in [2.05, 4.69) is 8.37 Å². The van der Waals surface area contributed by atoms with Crippen molar-refractivity contribution in [2.45, 2.75) is 0 Å². The topological polar surface area (TPSA) is 134 Å². The van der Waals surface area contributed by atoms with Gasteiger partial charge in [-0.3, -0.25) is 8.37 Å². The van der Waals surface area contributed by atoms with E-state index in [1.54, 1.807) is 0 Å². The normalized spacial score (nSPS) is 12.6. The van der Waals surface area contributed by atoms with Crippen molar-refractivity contribution in [2.24, 2.45) is 0 Å². The number of hydrogen-bond acceptors (Lipinski definition) is 8. The van der Waals surface area contributed by atoms with E-state index in [1.807, 2.05) is 14.1 Å². The number of rotatable bonds is 13. The summed E-state index contributed by atoms with van der Waals surface area (Å²) in [6.07, 6.45) is 0. The molecule has 0 fully saturated rings. The molecule has 0 unspecified atom stereocenters. The third-order valence-electron chi connectivity index (χ3n) is 4.15. The molecule has 0 bridgehead atoms. The van der Waals surface area contributed by atoms with E-state index in [-0.39, 0.29) is 26.4 Å². The van der Waals surface area contributed by atoms with Crippen molar-refractivity contribution in [3.63, 3.8) is 0 Å². The smallest absolute Gasteiger partial charge is 0.391 e. The second kappa shape index (κ2) is 13.8. The maximum Gasteiger partial charge on any atom is 0.399 e. The van der Waals surface area contributed by atoms with Crippen molar-refractivity contribution in [1.29, 1.82) is 0 Å². The molecule has 0 spiro atoms. The molecule has 0 aromatic rings. The SMILES string of the molecule is COS(=O)(=O)OC.C[N+](CCO)(CCO)CC[N+](C)(CCO)CCO.